The Kier molecular flexibility index (Phi) is 4.46. The van der Waals surface area contributed by atoms with Crippen molar-refractivity contribution in [3.8, 4) is 0 Å². The summed E-state index contributed by atoms with van der Waals surface area (Å²) in [6, 6.07) is 22.2. The van der Waals surface area contributed by atoms with Crippen molar-refractivity contribution in [2.24, 2.45) is 0 Å². The molecule has 3 aromatic carbocycles. The van der Waals surface area contributed by atoms with Crippen LogP contribution in [0.4, 0.5) is 11.4 Å². The van der Waals surface area contributed by atoms with E-state index in [0.29, 0.717) is 5.92 Å². The number of thiophene rings is 1. The Bertz CT molecular complexity index is 1070. The van der Waals surface area contributed by atoms with Crippen LogP contribution in [0.2, 0.25) is 0 Å². The largest absolute Gasteiger partial charge is 0.343 e. The molecule has 0 aliphatic heterocycles. The van der Waals surface area contributed by atoms with Gasteiger partial charge >= 0.3 is 0 Å². The highest BCUT2D eigenvalue weighted by Crippen LogP contribution is 2.43. The van der Waals surface area contributed by atoms with Crippen molar-refractivity contribution in [1.82, 2.24) is 0 Å². The van der Waals surface area contributed by atoms with Gasteiger partial charge in [-0.15, -0.1) is 11.3 Å². The molecule has 0 spiro atoms. The van der Waals surface area contributed by atoms with Crippen LogP contribution >= 0.6 is 11.3 Å². The predicted octanol–water partition coefficient (Wildman–Crippen LogP) is 7.51. The summed E-state index contributed by atoms with van der Waals surface area (Å²) in [5.41, 5.74) is 5.42. The van der Waals surface area contributed by atoms with Gasteiger partial charge in [0.25, 0.3) is 0 Å². The number of hydrogen-bond donors (Lipinski definition) is 0. The number of anilines is 2. The molecule has 0 saturated heterocycles. The zero-order chi connectivity index (χ0) is 18.3. The zero-order valence-electron chi connectivity index (χ0n) is 15.9. The summed E-state index contributed by atoms with van der Waals surface area (Å²) in [5, 5.41) is 2.75. The minimum atomic E-state index is 0.536. The number of fused-ring (bicyclic) bond motifs is 3. The van der Waals surface area contributed by atoms with Gasteiger partial charge in [0.2, 0.25) is 0 Å². The van der Waals surface area contributed by atoms with Gasteiger partial charge in [-0.05, 0) is 35.6 Å². The molecular weight excluding hydrogens is 334 g/mol. The Morgan fingerprint density at radius 2 is 1.46 bits per heavy atom. The highest BCUT2D eigenvalue weighted by molar-refractivity contribution is 7.26. The molecule has 0 aliphatic rings. The van der Waals surface area contributed by atoms with Crippen molar-refractivity contribution in [3.05, 3.63) is 71.8 Å². The third-order valence-electron chi connectivity index (χ3n) is 5.25. The van der Waals surface area contributed by atoms with E-state index in [1.165, 1.54) is 42.7 Å². The minimum Gasteiger partial charge on any atom is -0.343 e. The van der Waals surface area contributed by atoms with Crippen LogP contribution in [0, 0.1) is 0 Å². The lowest BCUT2D eigenvalue weighted by atomic mass is 10.0. The van der Waals surface area contributed by atoms with Crippen LogP contribution in [0.15, 0.2) is 60.7 Å². The molecule has 4 rings (SSSR count). The van der Waals surface area contributed by atoms with Gasteiger partial charge in [-0.1, -0.05) is 69.3 Å². The first kappa shape index (κ1) is 17.1. The van der Waals surface area contributed by atoms with Crippen molar-refractivity contribution in [2.45, 2.75) is 33.1 Å². The molecule has 0 radical (unpaired) electrons. The maximum absolute atomic E-state index is 2.35. The number of rotatable bonds is 4. The number of nitrogens with zero attached hydrogens (tertiary/aromatic N) is 1. The van der Waals surface area contributed by atoms with Crippen LogP contribution in [-0.2, 0) is 6.42 Å². The fourth-order valence-electron chi connectivity index (χ4n) is 3.81. The van der Waals surface area contributed by atoms with Gasteiger partial charge in [-0.2, -0.15) is 0 Å². The zero-order valence-corrected chi connectivity index (χ0v) is 16.7. The van der Waals surface area contributed by atoms with Crippen molar-refractivity contribution in [2.75, 3.05) is 11.9 Å². The third kappa shape index (κ3) is 2.69. The summed E-state index contributed by atoms with van der Waals surface area (Å²) < 4.78 is 2.81. The van der Waals surface area contributed by atoms with Gasteiger partial charge in [0.1, 0.15) is 0 Å². The topological polar surface area (TPSA) is 3.24 Å². The number of para-hydroxylation sites is 1. The second kappa shape index (κ2) is 6.77. The van der Waals surface area contributed by atoms with E-state index in [2.05, 4.69) is 93.4 Å². The molecule has 4 aromatic rings. The van der Waals surface area contributed by atoms with Crippen molar-refractivity contribution >= 4 is 42.9 Å². The van der Waals surface area contributed by atoms with E-state index in [1.54, 1.807) is 0 Å². The van der Waals surface area contributed by atoms with E-state index in [1.807, 2.05) is 11.3 Å². The van der Waals surface area contributed by atoms with Crippen molar-refractivity contribution < 1.29 is 0 Å². The fraction of sp³-hybridized carbons (Fsp3) is 0.250. The van der Waals surface area contributed by atoms with Crippen LogP contribution in [0.5, 0.6) is 0 Å². The monoisotopic (exact) mass is 359 g/mol. The molecule has 132 valence electrons. The molecule has 0 saturated carbocycles. The van der Waals surface area contributed by atoms with Gasteiger partial charge in [0.05, 0.1) is 10.4 Å². The lowest BCUT2D eigenvalue weighted by Gasteiger charge is -2.23. The van der Waals surface area contributed by atoms with Gasteiger partial charge in [-0.25, -0.2) is 0 Å². The molecule has 1 heterocycles. The Labute approximate surface area is 159 Å². The van der Waals surface area contributed by atoms with Crippen LogP contribution in [0.25, 0.3) is 20.2 Å². The van der Waals surface area contributed by atoms with E-state index in [0.717, 1.165) is 6.42 Å². The second-order valence-electron chi connectivity index (χ2n) is 7.18. The standard InChI is InChI=1S/C24H25NS/c1-5-17-10-6-7-14-21(17)25(4)22-15-9-13-20-19-12-8-11-18(16(2)3)23(19)26-24(20)22/h6-16H,5H2,1-4H3. The van der Waals surface area contributed by atoms with Gasteiger partial charge in [0.15, 0.2) is 0 Å². The van der Waals surface area contributed by atoms with Gasteiger partial charge in [-0.3, -0.25) is 0 Å². The lowest BCUT2D eigenvalue weighted by molar-refractivity contribution is 0.878. The maximum Gasteiger partial charge on any atom is 0.0592 e. The normalized spacial score (nSPS) is 11.6. The SMILES string of the molecule is CCc1ccccc1N(C)c1cccc2c1sc1c(C(C)C)cccc12. The summed E-state index contributed by atoms with van der Waals surface area (Å²) in [6.07, 6.45) is 1.04. The Morgan fingerprint density at radius 1 is 0.808 bits per heavy atom. The fourth-order valence-corrected chi connectivity index (χ4v) is 5.32. The number of aryl methyl sites for hydroxylation is 1. The van der Waals surface area contributed by atoms with Crippen LogP contribution in [0.1, 0.15) is 37.8 Å². The first-order chi connectivity index (χ1) is 12.6. The smallest absolute Gasteiger partial charge is 0.0592 e. The minimum absolute atomic E-state index is 0.536. The molecule has 26 heavy (non-hydrogen) atoms. The summed E-state index contributed by atoms with van der Waals surface area (Å²) >= 11 is 1.94. The average Bonchev–Trinajstić information content (AvgIpc) is 3.06. The lowest BCUT2D eigenvalue weighted by Crippen LogP contribution is -2.11. The maximum atomic E-state index is 2.35. The van der Waals surface area contributed by atoms with Gasteiger partial charge < -0.3 is 4.90 Å². The molecule has 0 aliphatic carbocycles. The van der Waals surface area contributed by atoms with Crippen LogP contribution in [0.3, 0.4) is 0 Å². The van der Waals surface area contributed by atoms with E-state index in [4.69, 9.17) is 0 Å². The highest BCUT2D eigenvalue weighted by Gasteiger charge is 2.16. The Balaban J connectivity index is 1.96. The molecule has 1 nitrogen and oxygen atoms in total. The van der Waals surface area contributed by atoms with Crippen molar-refractivity contribution in [1.29, 1.82) is 0 Å². The molecule has 0 fully saturated rings. The first-order valence-electron chi connectivity index (χ1n) is 9.37. The quantitative estimate of drug-likeness (QED) is 0.364. The Hall–Kier alpha value is -2.32. The predicted molar refractivity (Wildman–Crippen MR) is 117 cm³/mol. The molecule has 2 heteroatoms. The van der Waals surface area contributed by atoms with Crippen LogP contribution in [-0.4, -0.2) is 7.05 Å². The molecule has 0 unspecified atom stereocenters. The summed E-state index contributed by atoms with van der Waals surface area (Å²) in [6.45, 7) is 6.79. The molecule has 0 N–H and O–H groups in total. The van der Waals surface area contributed by atoms with E-state index >= 15 is 0 Å². The molecular formula is C24H25NS. The molecule has 0 atom stereocenters. The van der Waals surface area contributed by atoms with Crippen molar-refractivity contribution in [3.63, 3.8) is 0 Å². The highest BCUT2D eigenvalue weighted by atomic mass is 32.1. The molecule has 0 amide bonds. The summed E-state index contributed by atoms with van der Waals surface area (Å²) in [4.78, 5) is 2.35. The molecule has 0 bridgehead atoms. The van der Waals surface area contributed by atoms with Gasteiger partial charge in [0, 0.05) is 28.2 Å². The Morgan fingerprint density at radius 3 is 2.19 bits per heavy atom. The number of benzene rings is 3. The van der Waals surface area contributed by atoms with Crippen LogP contribution < -0.4 is 4.90 Å². The second-order valence-corrected chi connectivity index (χ2v) is 8.20. The number of hydrogen-bond acceptors (Lipinski definition) is 2. The summed E-state index contributed by atoms with van der Waals surface area (Å²) in [5.74, 6) is 0.536. The van der Waals surface area contributed by atoms with E-state index in [-0.39, 0.29) is 0 Å². The third-order valence-corrected chi connectivity index (χ3v) is 6.54. The van der Waals surface area contributed by atoms with E-state index < -0.39 is 0 Å². The summed E-state index contributed by atoms with van der Waals surface area (Å²) in [7, 11) is 2.19. The molecule has 1 aromatic heterocycles. The average molecular weight is 360 g/mol. The first-order valence-corrected chi connectivity index (χ1v) is 10.2. The van der Waals surface area contributed by atoms with E-state index in [9.17, 15) is 0 Å².